The first kappa shape index (κ1) is 20.8. The minimum absolute atomic E-state index is 0.0861. The second-order valence-corrected chi connectivity index (χ2v) is 7.80. The second-order valence-electron chi connectivity index (χ2n) is 6.00. The van der Waals surface area contributed by atoms with E-state index in [0.717, 1.165) is 5.56 Å². The molecule has 2 aromatic rings. The summed E-state index contributed by atoms with van der Waals surface area (Å²) in [5.41, 5.74) is 1.38. The molecule has 2 aromatic carbocycles. The number of carbonyl (C=O) groups excluding carboxylic acids is 1. The van der Waals surface area contributed by atoms with E-state index < -0.39 is 25.6 Å². The zero-order valence-electron chi connectivity index (χ0n) is 14.7. The molecule has 0 aliphatic heterocycles. The molecule has 8 heteroatoms. The van der Waals surface area contributed by atoms with E-state index in [9.17, 15) is 19.0 Å². The van der Waals surface area contributed by atoms with Crippen LogP contribution in [0.2, 0.25) is 0 Å². The van der Waals surface area contributed by atoms with Gasteiger partial charge in [-0.05, 0) is 11.1 Å². The molecular formula is C19H22NO6P. The Labute approximate surface area is 157 Å². The van der Waals surface area contributed by atoms with Crippen LogP contribution in [0.4, 0.5) is 0 Å². The number of hydrogen-bond acceptors (Lipinski definition) is 4. The van der Waals surface area contributed by atoms with Crippen LogP contribution < -0.4 is 5.32 Å². The Balaban J connectivity index is 2.09. The number of hydrogen-bond donors (Lipinski definition) is 3. The molecule has 7 nitrogen and oxygen atoms in total. The Bertz CT molecular complexity index is 796. The lowest BCUT2D eigenvalue weighted by Crippen LogP contribution is -2.38. The van der Waals surface area contributed by atoms with Crippen molar-refractivity contribution in [3.63, 3.8) is 0 Å². The van der Waals surface area contributed by atoms with Crippen LogP contribution in [0, 0.1) is 0 Å². The van der Waals surface area contributed by atoms with Crippen molar-refractivity contribution in [2.75, 3.05) is 6.54 Å². The van der Waals surface area contributed by atoms with Crippen molar-refractivity contribution in [2.24, 2.45) is 0 Å². The molecule has 0 saturated carbocycles. The average molecular weight is 391 g/mol. The van der Waals surface area contributed by atoms with Gasteiger partial charge >= 0.3 is 13.6 Å². The molecule has 0 aliphatic rings. The highest BCUT2D eigenvalue weighted by molar-refractivity contribution is 7.52. The minimum Gasteiger partial charge on any atom is -0.481 e. The summed E-state index contributed by atoms with van der Waals surface area (Å²) in [6.45, 7) is -0.0861. The second kappa shape index (κ2) is 10.0. The molecule has 2 rings (SSSR count). The van der Waals surface area contributed by atoms with Crippen LogP contribution in [0.5, 0.6) is 0 Å². The molecule has 0 spiro atoms. The van der Waals surface area contributed by atoms with Crippen molar-refractivity contribution in [1.29, 1.82) is 0 Å². The molecule has 144 valence electrons. The number of carboxylic acids is 1. The summed E-state index contributed by atoms with van der Waals surface area (Å²) in [5, 5.41) is 11.1. The zero-order valence-corrected chi connectivity index (χ0v) is 15.5. The number of carbonyl (C=O) groups is 2. The van der Waals surface area contributed by atoms with E-state index in [0.29, 0.717) is 5.56 Å². The van der Waals surface area contributed by atoms with Crippen molar-refractivity contribution in [3.8, 4) is 0 Å². The summed E-state index contributed by atoms with van der Waals surface area (Å²) in [5.74, 6) is -1.67. The van der Waals surface area contributed by atoms with Crippen LogP contribution in [0.1, 0.15) is 17.5 Å². The first-order valence-corrected chi connectivity index (χ1v) is 10.2. The monoisotopic (exact) mass is 391 g/mol. The molecular weight excluding hydrogens is 369 g/mol. The number of nitrogens with one attached hydrogen (secondary N) is 1. The summed E-state index contributed by atoms with van der Waals surface area (Å²) in [6, 6.07) is 17.6. The maximum atomic E-state index is 12.5. The number of rotatable bonds is 10. The summed E-state index contributed by atoms with van der Waals surface area (Å²) in [6.07, 6.45) is -1.58. The third-order valence-corrected chi connectivity index (χ3v) is 5.06. The van der Waals surface area contributed by atoms with Crippen molar-refractivity contribution in [1.82, 2.24) is 5.32 Å². The van der Waals surface area contributed by atoms with E-state index in [-0.39, 0.29) is 25.5 Å². The van der Waals surface area contributed by atoms with Crippen LogP contribution in [-0.4, -0.2) is 34.5 Å². The van der Waals surface area contributed by atoms with Gasteiger partial charge in [-0.1, -0.05) is 60.7 Å². The number of aliphatic carboxylic acids is 1. The van der Waals surface area contributed by atoms with Gasteiger partial charge in [0, 0.05) is 13.0 Å². The fourth-order valence-electron chi connectivity index (χ4n) is 2.46. The fourth-order valence-corrected chi connectivity index (χ4v) is 3.78. The van der Waals surface area contributed by atoms with E-state index >= 15 is 0 Å². The average Bonchev–Trinajstić information content (AvgIpc) is 2.62. The van der Waals surface area contributed by atoms with E-state index in [1.54, 1.807) is 54.6 Å². The van der Waals surface area contributed by atoms with Gasteiger partial charge in [0.25, 0.3) is 0 Å². The first-order valence-electron chi connectivity index (χ1n) is 8.43. The van der Waals surface area contributed by atoms with Gasteiger partial charge in [0.2, 0.25) is 5.91 Å². The highest BCUT2D eigenvalue weighted by Crippen LogP contribution is 2.47. The van der Waals surface area contributed by atoms with Crippen molar-refractivity contribution in [3.05, 3.63) is 71.8 Å². The van der Waals surface area contributed by atoms with Gasteiger partial charge in [0.1, 0.15) is 6.10 Å². The smallest absolute Gasteiger partial charge is 0.333 e. The summed E-state index contributed by atoms with van der Waals surface area (Å²) in [7, 11) is -4.09. The summed E-state index contributed by atoms with van der Waals surface area (Å²) >= 11 is 0. The number of amides is 1. The molecule has 0 aromatic heterocycles. The molecule has 27 heavy (non-hydrogen) atoms. The van der Waals surface area contributed by atoms with E-state index in [1.807, 2.05) is 6.07 Å². The molecule has 0 aliphatic carbocycles. The minimum atomic E-state index is -4.09. The van der Waals surface area contributed by atoms with Crippen LogP contribution in [0.25, 0.3) is 0 Å². The Morgan fingerprint density at radius 1 is 1.00 bits per heavy atom. The lowest BCUT2D eigenvalue weighted by atomic mass is 10.1. The van der Waals surface area contributed by atoms with Gasteiger partial charge in [0.05, 0.1) is 12.6 Å². The van der Waals surface area contributed by atoms with Crippen LogP contribution in [-0.2, 0) is 31.3 Å². The van der Waals surface area contributed by atoms with Crippen LogP contribution in [0.3, 0.4) is 0 Å². The molecule has 0 radical (unpaired) electrons. The Morgan fingerprint density at radius 2 is 1.56 bits per heavy atom. The van der Waals surface area contributed by atoms with Gasteiger partial charge in [-0.3, -0.25) is 18.7 Å². The maximum absolute atomic E-state index is 12.5. The van der Waals surface area contributed by atoms with Gasteiger partial charge in [-0.15, -0.1) is 0 Å². The Morgan fingerprint density at radius 3 is 2.11 bits per heavy atom. The van der Waals surface area contributed by atoms with Crippen LogP contribution in [0.15, 0.2) is 60.7 Å². The van der Waals surface area contributed by atoms with Crippen molar-refractivity contribution in [2.45, 2.75) is 25.1 Å². The highest BCUT2D eigenvalue weighted by Gasteiger charge is 2.30. The van der Waals surface area contributed by atoms with E-state index in [4.69, 9.17) is 9.63 Å². The molecule has 0 heterocycles. The standard InChI is InChI=1S/C19H22NO6P/c21-18(22)11-12-20-19(23)17(13-15-7-3-1-4-8-15)26-27(24,25)14-16-9-5-2-6-10-16/h1-10,17H,11-14H2,(H,20,23)(H,21,22)(H,24,25)/t17-/m0/s1. The van der Waals surface area contributed by atoms with Crippen molar-refractivity contribution >= 4 is 19.5 Å². The lowest BCUT2D eigenvalue weighted by molar-refractivity contribution is -0.137. The maximum Gasteiger partial charge on any atom is 0.333 e. The summed E-state index contributed by atoms with van der Waals surface area (Å²) < 4.78 is 17.8. The zero-order chi connectivity index (χ0) is 19.7. The SMILES string of the molecule is O=C(O)CCNC(=O)[C@H](Cc1ccccc1)OP(=O)(O)Cc1ccccc1. The molecule has 1 unspecified atom stereocenters. The van der Waals surface area contributed by atoms with Crippen LogP contribution >= 0.6 is 7.60 Å². The third kappa shape index (κ3) is 7.74. The lowest BCUT2D eigenvalue weighted by Gasteiger charge is -2.21. The predicted molar refractivity (Wildman–Crippen MR) is 100 cm³/mol. The van der Waals surface area contributed by atoms with Gasteiger partial charge in [-0.2, -0.15) is 0 Å². The molecule has 2 atom stereocenters. The predicted octanol–water partition coefficient (Wildman–Crippen LogP) is 2.59. The molecule has 0 saturated heterocycles. The third-order valence-electron chi connectivity index (χ3n) is 3.71. The number of carboxylic acid groups (broad SMARTS) is 1. The van der Waals surface area contributed by atoms with E-state index in [1.165, 1.54) is 0 Å². The Hall–Kier alpha value is -2.47. The largest absolute Gasteiger partial charge is 0.481 e. The normalized spacial score (nSPS) is 14.1. The summed E-state index contributed by atoms with van der Waals surface area (Å²) in [4.78, 5) is 33.2. The topological polar surface area (TPSA) is 113 Å². The molecule has 1 amide bonds. The van der Waals surface area contributed by atoms with Gasteiger partial charge in [0.15, 0.2) is 0 Å². The highest BCUT2D eigenvalue weighted by atomic mass is 31.2. The molecule has 0 fully saturated rings. The fraction of sp³-hybridized carbons (Fsp3) is 0.263. The number of benzene rings is 2. The van der Waals surface area contributed by atoms with E-state index in [2.05, 4.69) is 5.32 Å². The molecule has 0 bridgehead atoms. The van der Waals surface area contributed by atoms with Crippen molar-refractivity contribution < 1.29 is 28.7 Å². The quantitative estimate of drug-likeness (QED) is 0.537. The molecule has 3 N–H and O–H groups in total. The Kier molecular flexibility index (Phi) is 7.73. The van der Waals surface area contributed by atoms with Gasteiger partial charge < -0.3 is 15.3 Å². The van der Waals surface area contributed by atoms with Gasteiger partial charge in [-0.25, -0.2) is 0 Å². The first-order chi connectivity index (χ1) is 12.9.